The molecule has 0 bridgehead atoms. The first-order chi connectivity index (χ1) is 11.8. The minimum absolute atomic E-state index is 0.0125. The smallest absolute Gasteiger partial charge is 0.255 e. The molecule has 138 valence electrons. The molecule has 1 saturated heterocycles. The number of carbonyl (C=O) groups is 2. The molecule has 0 aromatic heterocycles. The van der Waals surface area contributed by atoms with Crippen molar-refractivity contribution in [3.8, 4) is 0 Å². The minimum Gasteiger partial charge on any atom is -0.354 e. The van der Waals surface area contributed by atoms with Crippen molar-refractivity contribution in [2.45, 2.75) is 58.9 Å². The van der Waals surface area contributed by atoms with Gasteiger partial charge >= 0.3 is 0 Å². The number of aryl methyl sites for hydroxylation is 1. The number of thioether (sulfide) groups is 1. The molecule has 1 fully saturated rings. The number of nitrogens with zero attached hydrogens (tertiary/aromatic N) is 1. The first-order valence-corrected chi connectivity index (χ1v) is 10.1. The lowest BCUT2D eigenvalue weighted by Crippen LogP contribution is -2.52. The second-order valence-electron chi connectivity index (χ2n) is 7.74. The third kappa shape index (κ3) is 4.57. The zero-order valence-electron chi connectivity index (χ0n) is 16.0. The van der Waals surface area contributed by atoms with Crippen molar-refractivity contribution >= 4 is 23.6 Å². The van der Waals surface area contributed by atoms with Crippen molar-refractivity contribution in [2.75, 3.05) is 12.3 Å². The predicted molar refractivity (Wildman–Crippen MR) is 105 cm³/mol. The standard InChI is InChI=1S/C20H30N2O2S/c1-6-7-12-21-17(23)16-13-25-19(20(3,4)5)22(16)18(24)15-11-9-8-10-14(15)2/h8-11,16,19H,6-7,12-13H2,1-5H3,(H,21,23)/t16-,19+/m1/s1. The number of unbranched alkanes of at least 4 members (excludes halogenated alkanes) is 1. The molecule has 4 nitrogen and oxygen atoms in total. The van der Waals surface area contributed by atoms with E-state index >= 15 is 0 Å². The van der Waals surface area contributed by atoms with Crippen LogP contribution in [0.15, 0.2) is 24.3 Å². The summed E-state index contributed by atoms with van der Waals surface area (Å²) in [4.78, 5) is 27.8. The molecule has 0 spiro atoms. The highest BCUT2D eigenvalue weighted by Crippen LogP contribution is 2.41. The highest BCUT2D eigenvalue weighted by molar-refractivity contribution is 8.00. The van der Waals surface area contributed by atoms with Gasteiger partial charge in [0, 0.05) is 17.9 Å². The normalized spacial score (nSPS) is 20.6. The van der Waals surface area contributed by atoms with Gasteiger partial charge in [-0.15, -0.1) is 11.8 Å². The Morgan fingerprint density at radius 2 is 1.96 bits per heavy atom. The first-order valence-electron chi connectivity index (χ1n) is 9.05. The molecule has 2 amide bonds. The van der Waals surface area contributed by atoms with E-state index in [1.807, 2.05) is 36.1 Å². The van der Waals surface area contributed by atoms with Crippen molar-refractivity contribution in [3.63, 3.8) is 0 Å². The second-order valence-corrected chi connectivity index (χ2v) is 8.85. The number of amides is 2. The summed E-state index contributed by atoms with van der Waals surface area (Å²) in [6.45, 7) is 11.1. The number of hydrogen-bond acceptors (Lipinski definition) is 3. The Morgan fingerprint density at radius 3 is 2.56 bits per heavy atom. The molecular formula is C20H30N2O2S. The third-order valence-electron chi connectivity index (χ3n) is 4.48. The number of nitrogens with one attached hydrogen (secondary N) is 1. The maximum Gasteiger partial charge on any atom is 0.255 e. The molecule has 0 saturated carbocycles. The molecule has 0 unspecified atom stereocenters. The van der Waals surface area contributed by atoms with Crippen LogP contribution in [0.5, 0.6) is 0 Å². The largest absolute Gasteiger partial charge is 0.354 e. The van der Waals surface area contributed by atoms with Gasteiger partial charge in [-0.25, -0.2) is 0 Å². The number of rotatable bonds is 5. The van der Waals surface area contributed by atoms with E-state index in [0.717, 1.165) is 18.4 Å². The molecule has 1 aliphatic heterocycles. The van der Waals surface area contributed by atoms with Gasteiger partial charge in [0.15, 0.2) is 0 Å². The maximum atomic E-state index is 13.3. The summed E-state index contributed by atoms with van der Waals surface area (Å²) in [5.41, 5.74) is 1.54. The fraction of sp³-hybridized carbons (Fsp3) is 0.600. The van der Waals surface area contributed by atoms with E-state index in [9.17, 15) is 9.59 Å². The van der Waals surface area contributed by atoms with E-state index < -0.39 is 6.04 Å². The highest BCUT2D eigenvalue weighted by Gasteiger charge is 2.46. The molecule has 1 N–H and O–H groups in total. The zero-order valence-corrected chi connectivity index (χ0v) is 16.8. The van der Waals surface area contributed by atoms with Crippen molar-refractivity contribution in [1.29, 1.82) is 0 Å². The van der Waals surface area contributed by atoms with Gasteiger partial charge in [0.1, 0.15) is 6.04 Å². The number of benzene rings is 1. The molecule has 2 rings (SSSR count). The maximum absolute atomic E-state index is 13.3. The number of carbonyl (C=O) groups excluding carboxylic acids is 2. The predicted octanol–water partition coefficient (Wildman–Crippen LogP) is 3.84. The lowest BCUT2D eigenvalue weighted by atomic mass is 9.94. The Balaban J connectivity index is 2.29. The van der Waals surface area contributed by atoms with Gasteiger partial charge in [0.05, 0.1) is 5.37 Å². The Labute approximate surface area is 155 Å². The Hall–Kier alpha value is -1.49. The monoisotopic (exact) mass is 362 g/mol. The Kier molecular flexibility index (Phi) is 6.55. The van der Waals surface area contributed by atoms with Crippen LogP contribution in [0.4, 0.5) is 0 Å². The fourth-order valence-corrected chi connectivity index (χ4v) is 4.66. The summed E-state index contributed by atoms with van der Waals surface area (Å²) >= 11 is 1.71. The molecule has 0 aliphatic carbocycles. The van der Waals surface area contributed by atoms with Crippen LogP contribution >= 0.6 is 11.8 Å². The van der Waals surface area contributed by atoms with Crippen LogP contribution in [0.3, 0.4) is 0 Å². The van der Waals surface area contributed by atoms with E-state index in [1.54, 1.807) is 11.8 Å². The van der Waals surface area contributed by atoms with Gasteiger partial charge in [0.25, 0.3) is 5.91 Å². The molecule has 1 aromatic carbocycles. The quantitative estimate of drug-likeness (QED) is 0.810. The van der Waals surface area contributed by atoms with Crippen molar-refractivity contribution in [3.05, 3.63) is 35.4 Å². The van der Waals surface area contributed by atoms with E-state index in [1.165, 1.54) is 0 Å². The van der Waals surface area contributed by atoms with Gasteiger partial charge in [-0.3, -0.25) is 9.59 Å². The summed E-state index contributed by atoms with van der Waals surface area (Å²) in [5, 5.41) is 2.99. The van der Waals surface area contributed by atoms with E-state index in [-0.39, 0.29) is 22.6 Å². The summed E-state index contributed by atoms with van der Waals surface area (Å²) in [6, 6.07) is 7.20. The molecule has 1 aromatic rings. The lowest BCUT2D eigenvalue weighted by molar-refractivity contribution is -0.125. The van der Waals surface area contributed by atoms with Gasteiger partial charge in [-0.1, -0.05) is 52.3 Å². The van der Waals surface area contributed by atoms with Gasteiger partial charge < -0.3 is 10.2 Å². The van der Waals surface area contributed by atoms with E-state index in [4.69, 9.17) is 0 Å². The summed E-state index contributed by atoms with van der Waals surface area (Å²) in [7, 11) is 0. The molecule has 1 aliphatic rings. The topological polar surface area (TPSA) is 49.4 Å². The fourth-order valence-electron chi connectivity index (χ4n) is 3.08. The van der Waals surface area contributed by atoms with Crippen molar-refractivity contribution in [2.24, 2.45) is 5.41 Å². The van der Waals surface area contributed by atoms with Crippen molar-refractivity contribution < 1.29 is 9.59 Å². The summed E-state index contributed by atoms with van der Waals surface area (Å²) in [6.07, 6.45) is 2.00. The van der Waals surface area contributed by atoms with E-state index in [2.05, 4.69) is 33.0 Å². The first kappa shape index (κ1) is 19.8. The Morgan fingerprint density at radius 1 is 1.28 bits per heavy atom. The van der Waals surface area contributed by atoms with E-state index in [0.29, 0.717) is 17.9 Å². The number of hydrogen-bond donors (Lipinski definition) is 1. The van der Waals surface area contributed by atoms with Crippen LogP contribution in [0.1, 0.15) is 56.5 Å². The summed E-state index contributed by atoms with van der Waals surface area (Å²) in [5.74, 6) is 0.575. The van der Waals surface area contributed by atoms with Gasteiger partial charge in [-0.2, -0.15) is 0 Å². The summed E-state index contributed by atoms with van der Waals surface area (Å²) < 4.78 is 0. The average Bonchev–Trinajstić information content (AvgIpc) is 3.00. The highest BCUT2D eigenvalue weighted by atomic mass is 32.2. The van der Waals surface area contributed by atoms with Crippen LogP contribution < -0.4 is 5.32 Å². The van der Waals surface area contributed by atoms with Crippen LogP contribution in [0.25, 0.3) is 0 Å². The van der Waals surface area contributed by atoms with Gasteiger partial charge in [-0.05, 0) is 30.4 Å². The van der Waals surface area contributed by atoms with Crippen LogP contribution in [-0.2, 0) is 4.79 Å². The molecular weight excluding hydrogens is 332 g/mol. The molecule has 25 heavy (non-hydrogen) atoms. The van der Waals surface area contributed by atoms with Crippen molar-refractivity contribution in [1.82, 2.24) is 10.2 Å². The molecule has 1 heterocycles. The molecule has 2 atom stereocenters. The SMILES string of the molecule is CCCCNC(=O)[C@H]1CS[C@@H](C(C)(C)C)N1C(=O)c1ccccc1C. The van der Waals surface area contributed by atoms with Crippen LogP contribution in [0, 0.1) is 12.3 Å². The van der Waals surface area contributed by atoms with Gasteiger partial charge in [0.2, 0.25) is 5.91 Å². The van der Waals surface area contributed by atoms with Crippen LogP contribution in [0.2, 0.25) is 0 Å². The lowest BCUT2D eigenvalue weighted by Gasteiger charge is -2.36. The van der Waals surface area contributed by atoms with Crippen LogP contribution in [-0.4, -0.2) is 40.4 Å². The second kappa shape index (κ2) is 8.26. The molecule has 0 radical (unpaired) electrons. The minimum atomic E-state index is -0.404. The third-order valence-corrected chi connectivity index (χ3v) is 6.24. The average molecular weight is 363 g/mol. The Bertz CT molecular complexity index is 624. The molecule has 5 heteroatoms. The zero-order chi connectivity index (χ0) is 18.6.